The molecule has 0 aromatic rings. The predicted molar refractivity (Wildman–Crippen MR) is 47.3 cm³/mol. The highest BCUT2D eigenvalue weighted by Crippen LogP contribution is 2.42. The fourth-order valence-electron chi connectivity index (χ4n) is 3.37. The van der Waals surface area contributed by atoms with Crippen LogP contribution in [0.15, 0.2) is 0 Å². The summed E-state index contributed by atoms with van der Waals surface area (Å²) in [5.41, 5.74) is 0. The molecule has 0 aromatic heterocycles. The monoisotopic (exact) mass is 154 g/mol. The van der Waals surface area contributed by atoms with Gasteiger partial charge < -0.3 is 4.48 Å². The van der Waals surface area contributed by atoms with Crippen molar-refractivity contribution in [3.63, 3.8) is 0 Å². The Hall–Kier alpha value is -0.0400. The highest BCUT2D eigenvalue weighted by atomic mass is 15.4. The van der Waals surface area contributed by atoms with E-state index in [1.807, 2.05) is 0 Å². The Morgan fingerprint density at radius 1 is 1.18 bits per heavy atom. The number of quaternary nitrogens is 1. The maximum Gasteiger partial charge on any atom is 0.0895 e. The first kappa shape index (κ1) is 7.60. The molecule has 1 saturated heterocycles. The summed E-state index contributed by atoms with van der Waals surface area (Å²) in [7, 11) is 0. The molecule has 0 radical (unpaired) electrons. The molecule has 0 amide bonds. The van der Waals surface area contributed by atoms with E-state index in [9.17, 15) is 0 Å². The number of hydrogen-bond donors (Lipinski definition) is 0. The lowest BCUT2D eigenvalue weighted by molar-refractivity contribution is -0.940. The Bertz CT molecular complexity index is 149. The van der Waals surface area contributed by atoms with Crippen molar-refractivity contribution in [1.82, 2.24) is 0 Å². The molecule has 2 atom stereocenters. The van der Waals surface area contributed by atoms with Crippen LogP contribution in [0.1, 0.15) is 33.1 Å². The van der Waals surface area contributed by atoms with Crippen LogP contribution in [0.3, 0.4) is 0 Å². The van der Waals surface area contributed by atoms with Crippen molar-refractivity contribution in [2.75, 3.05) is 19.6 Å². The molecule has 0 N–H and O–H groups in total. The highest BCUT2D eigenvalue weighted by molar-refractivity contribution is 4.83. The molecule has 1 aliphatic heterocycles. The first-order valence-corrected chi connectivity index (χ1v) is 5.16. The quantitative estimate of drug-likeness (QED) is 0.534. The van der Waals surface area contributed by atoms with Crippen LogP contribution in [-0.2, 0) is 0 Å². The van der Waals surface area contributed by atoms with Crippen molar-refractivity contribution >= 4 is 0 Å². The summed E-state index contributed by atoms with van der Waals surface area (Å²) in [4.78, 5) is 0. The molecule has 1 aliphatic carbocycles. The number of likely N-dealkylation sites (tertiary alicyclic amines) is 1. The Morgan fingerprint density at radius 2 is 1.91 bits per heavy atom. The zero-order chi connectivity index (χ0) is 7.90. The Labute approximate surface area is 70.0 Å². The van der Waals surface area contributed by atoms with Crippen LogP contribution in [0.25, 0.3) is 0 Å². The average molecular weight is 154 g/mol. The number of rotatable bonds is 2. The van der Waals surface area contributed by atoms with Gasteiger partial charge in [0.15, 0.2) is 0 Å². The van der Waals surface area contributed by atoms with E-state index in [1.54, 1.807) is 6.42 Å². The maximum absolute atomic E-state index is 2.37. The second-order valence-corrected chi connectivity index (χ2v) is 4.37. The fraction of sp³-hybridized carbons (Fsp3) is 1.00. The topological polar surface area (TPSA) is 0 Å². The van der Waals surface area contributed by atoms with Crippen LogP contribution in [0.5, 0.6) is 0 Å². The molecule has 2 fully saturated rings. The highest BCUT2D eigenvalue weighted by Gasteiger charge is 2.48. The molecule has 2 bridgehead atoms. The zero-order valence-electron chi connectivity index (χ0n) is 7.84. The molecular formula is C10H20N+. The molecule has 0 spiro atoms. The van der Waals surface area contributed by atoms with Crippen LogP contribution in [0, 0.1) is 5.92 Å². The summed E-state index contributed by atoms with van der Waals surface area (Å²) < 4.78 is 1.45. The minimum Gasteiger partial charge on any atom is -0.321 e. The Kier molecular flexibility index (Phi) is 1.71. The van der Waals surface area contributed by atoms with E-state index in [1.165, 1.54) is 37.0 Å². The third-order valence-corrected chi connectivity index (χ3v) is 4.17. The van der Waals surface area contributed by atoms with Gasteiger partial charge in [-0.05, 0) is 26.7 Å². The van der Waals surface area contributed by atoms with E-state index in [0.29, 0.717) is 0 Å². The van der Waals surface area contributed by atoms with Gasteiger partial charge in [-0.3, -0.25) is 0 Å². The molecule has 0 aromatic carbocycles. The third kappa shape index (κ3) is 0.936. The van der Waals surface area contributed by atoms with Crippen molar-refractivity contribution in [2.45, 2.75) is 39.2 Å². The summed E-state index contributed by atoms with van der Waals surface area (Å²) in [6.45, 7) is 8.97. The average Bonchev–Trinajstić information content (AvgIpc) is 2.62. The van der Waals surface area contributed by atoms with E-state index in [0.717, 1.165) is 12.0 Å². The van der Waals surface area contributed by atoms with E-state index in [4.69, 9.17) is 0 Å². The van der Waals surface area contributed by atoms with Crippen LogP contribution in [0.4, 0.5) is 0 Å². The summed E-state index contributed by atoms with van der Waals surface area (Å²) in [5, 5.41) is 0. The van der Waals surface area contributed by atoms with Crippen LogP contribution < -0.4 is 0 Å². The van der Waals surface area contributed by atoms with Gasteiger partial charge in [0.1, 0.15) is 0 Å². The van der Waals surface area contributed by atoms with E-state index >= 15 is 0 Å². The molecule has 2 aliphatic rings. The largest absolute Gasteiger partial charge is 0.321 e. The lowest BCUT2D eigenvalue weighted by Crippen LogP contribution is -2.52. The van der Waals surface area contributed by atoms with Crippen molar-refractivity contribution in [1.29, 1.82) is 0 Å². The molecule has 1 nitrogen and oxygen atoms in total. The lowest BCUT2D eigenvalue weighted by atomic mass is 10.1. The van der Waals surface area contributed by atoms with Crippen LogP contribution in [0.2, 0.25) is 0 Å². The molecule has 64 valence electrons. The molecule has 0 unspecified atom stereocenters. The maximum atomic E-state index is 2.37. The van der Waals surface area contributed by atoms with Gasteiger partial charge in [-0.2, -0.15) is 0 Å². The summed E-state index contributed by atoms with van der Waals surface area (Å²) in [5.74, 6) is 1.10. The second-order valence-electron chi connectivity index (χ2n) is 4.37. The van der Waals surface area contributed by atoms with E-state index in [2.05, 4.69) is 13.8 Å². The van der Waals surface area contributed by atoms with Gasteiger partial charge in [0.05, 0.1) is 25.7 Å². The van der Waals surface area contributed by atoms with Gasteiger partial charge >= 0.3 is 0 Å². The van der Waals surface area contributed by atoms with Gasteiger partial charge in [0.2, 0.25) is 0 Å². The normalized spacial score (nSPS) is 39.8. The van der Waals surface area contributed by atoms with E-state index < -0.39 is 0 Å². The second kappa shape index (κ2) is 2.48. The van der Waals surface area contributed by atoms with Gasteiger partial charge in [-0.25, -0.2) is 0 Å². The lowest BCUT2D eigenvalue weighted by Gasteiger charge is -2.40. The van der Waals surface area contributed by atoms with Crippen molar-refractivity contribution in [3.8, 4) is 0 Å². The SMILES string of the molecule is CC[N+]1(CC)C[C@@H]2CC[C@@H]1C2. The number of piperidine rings is 1. The van der Waals surface area contributed by atoms with Gasteiger partial charge in [0.25, 0.3) is 0 Å². The Morgan fingerprint density at radius 3 is 2.18 bits per heavy atom. The summed E-state index contributed by atoms with van der Waals surface area (Å²) in [6, 6.07) is 1.05. The van der Waals surface area contributed by atoms with Crippen LogP contribution >= 0.6 is 0 Å². The number of nitrogens with zero attached hydrogens (tertiary/aromatic N) is 1. The number of hydrogen-bond acceptors (Lipinski definition) is 0. The minimum absolute atomic E-state index is 1.05. The van der Waals surface area contributed by atoms with Gasteiger partial charge in [-0.15, -0.1) is 0 Å². The summed E-state index contributed by atoms with van der Waals surface area (Å²) >= 11 is 0. The standard InChI is InChI=1S/C10H20N/c1-3-11(4-2)8-9-5-6-10(11)7-9/h9-10H,3-8H2,1-2H3/q+1/t9-,10-/m1/s1. The summed E-state index contributed by atoms with van der Waals surface area (Å²) in [6.07, 6.45) is 4.60. The predicted octanol–water partition coefficient (Wildman–Crippen LogP) is 2.03. The van der Waals surface area contributed by atoms with Gasteiger partial charge in [-0.1, -0.05) is 0 Å². The molecular weight excluding hydrogens is 134 g/mol. The van der Waals surface area contributed by atoms with Crippen molar-refractivity contribution < 1.29 is 4.48 Å². The first-order valence-electron chi connectivity index (χ1n) is 5.16. The smallest absolute Gasteiger partial charge is 0.0895 e. The van der Waals surface area contributed by atoms with Crippen LogP contribution in [-0.4, -0.2) is 30.2 Å². The fourth-order valence-corrected chi connectivity index (χ4v) is 3.37. The van der Waals surface area contributed by atoms with Gasteiger partial charge in [0, 0.05) is 12.3 Å². The van der Waals surface area contributed by atoms with E-state index in [-0.39, 0.29) is 0 Å². The molecule has 1 heterocycles. The first-order chi connectivity index (χ1) is 5.30. The Balaban J connectivity index is 2.14. The minimum atomic E-state index is 1.05. The van der Waals surface area contributed by atoms with Crippen molar-refractivity contribution in [2.24, 2.45) is 5.92 Å². The molecule has 11 heavy (non-hydrogen) atoms. The molecule has 2 rings (SSSR count). The third-order valence-electron chi connectivity index (χ3n) is 4.17. The number of fused-ring (bicyclic) bond motifs is 2. The zero-order valence-corrected chi connectivity index (χ0v) is 7.84. The van der Waals surface area contributed by atoms with Crippen molar-refractivity contribution in [3.05, 3.63) is 0 Å². The molecule has 1 saturated carbocycles. The molecule has 1 heteroatoms.